The molecule has 12 heavy (non-hydrogen) atoms. The van der Waals surface area contributed by atoms with Crippen molar-refractivity contribution in [2.75, 3.05) is 18.1 Å². The highest BCUT2D eigenvalue weighted by Crippen LogP contribution is 2.26. The topological polar surface area (TPSA) is 34.1 Å². The van der Waals surface area contributed by atoms with Crippen LogP contribution in [0.25, 0.3) is 0 Å². The molecule has 1 N–H and O–H groups in total. The number of aromatic nitrogens is 1. The molecule has 0 saturated carbocycles. The summed E-state index contributed by atoms with van der Waals surface area (Å²) in [6.07, 6.45) is 3.64. The molecule has 0 aliphatic rings. The fraction of sp³-hybridized carbons (Fsp3) is 0.286. The van der Waals surface area contributed by atoms with Crippen molar-refractivity contribution in [2.24, 2.45) is 0 Å². The molecule has 0 aromatic carbocycles. The smallest absolute Gasteiger partial charge is 0.238 e. The summed E-state index contributed by atoms with van der Waals surface area (Å²) in [4.78, 5) is 4.07. The van der Waals surface area contributed by atoms with Gasteiger partial charge in [0, 0.05) is 16.9 Å². The fourth-order valence-electron chi connectivity index (χ4n) is 0.772. The summed E-state index contributed by atoms with van der Waals surface area (Å²) < 4.78 is 9.04. The van der Waals surface area contributed by atoms with Gasteiger partial charge in [-0.1, -0.05) is 11.9 Å². The number of hydrogen-bond donors (Lipinski definition) is 1. The van der Waals surface area contributed by atoms with E-state index >= 15 is 0 Å². The third-order valence-corrected chi connectivity index (χ3v) is 2.08. The number of rotatable bonds is 3. The van der Waals surface area contributed by atoms with Crippen molar-refractivity contribution in [1.82, 2.24) is 4.98 Å². The second-order valence-corrected chi connectivity index (χ2v) is 3.54. The summed E-state index contributed by atoms with van der Waals surface area (Å²) in [7, 11) is 1.60. The van der Waals surface area contributed by atoms with Crippen LogP contribution in [0.4, 0.5) is 5.69 Å². The zero-order chi connectivity index (χ0) is 8.97. The molecule has 0 spiro atoms. The molecule has 3 nitrogen and oxygen atoms in total. The molecular formula is C7H9BrN2OS. The van der Waals surface area contributed by atoms with Gasteiger partial charge >= 0.3 is 0 Å². The van der Waals surface area contributed by atoms with Crippen LogP contribution in [-0.2, 0) is 0 Å². The quantitative estimate of drug-likeness (QED) is 0.835. The van der Waals surface area contributed by atoms with E-state index in [4.69, 9.17) is 4.74 Å². The summed E-state index contributed by atoms with van der Waals surface area (Å²) in [6, 6.07) is 1.92. The second-order valence-electron chi connectivity index (χ2n) is 2.02. The molecule has 1 aromatic rings. The van der Waals surface area contributed by atoms with Crippen molar-refractivity contribution in [3.63, 3.8) is 0 Å². The van der Waals surface area contributed by atoms with Gasteiger partial charge in [0.05, 0.1) is 7.11 Å². The third-order valence-electron chi connectivity index (χ3n) is 1.22. The SMILES string of the molecule is COc1ncc(Br)cc1NSC. The van der Waals surface area contributed by atoms with Crippen molar-refractivity contribution in [3.8, 4) is 5.88 Å². The average molecular weight is 249 g/mol. The highest BCUT2D eigenvalue weighted by molar-refractivity contribution is 9.10. The lowest BCUT2D eigenvalue weighted by atomic mass is 10.4. The number of ether oxygens (including phenoxy) is 1. The molecule has 1 rings (SSSR count). The predicted octanol–water partition coefficient (Wildman–Crippen LogP) is 2.54. The van der Waals surface area contributed by atoms with Crippen LogP contribution in [0, 0.1) is 0 Å². The van der Waals surface area contributed by atoms with Gasteiger partial charge in [0.1, 0.15) is 5.69 Å². The Morgan fingerprint density at radius 3 is 3.00 bits per heavy atom. The normalized spacial score (nSPS) is 9.58. The maximum absolute atomic E-state index is 5.05. The molecule has 0 aliphatic heterocycles. The van der Waals surface area contributed by atoms with E-state index < -0.39 is 0 Å². The predicted molar refractivity (Wildman–Crippen MR) is 55.6 cm³/mol. The van der Waals surface area contributed by atoms with Gasteiger partial charge in [-0.05, 0) is 22.0 Å². The van der Waals surface area contributed by atoms with Crippen LogP contribution in [0.1, 0.15) is 0 Å². The monoisotopic (exact) mass is 248 g/mol. The van der Waals surface area contributed by atoms with Gasteiger partial charge in [0.2, 0.25) is 5.88 Å². The Bertz CT molecular complexity index is 270. The Morgan fingerprint density at radius 2 is 2.42 bits per heavy atom. The zero-order valence-corrected chi connectivity index (χ0v) is 9.20. The van der Waals surface area contributed by atoms with E-state index in [0.717, 1.165) is 10.2 Å². The molecule has 0 atom stereocenters. The molecule has 0 radical (unpaired) electrons. The van der Waals surface area contributed by atoms with E-state index in [0.29, 0.717) is 5.88 Å². The standard InChI is InChI=1S/C7H9BrN2OS/c1-11-7-6(10-12-2)3-5(8)4-9-7/h3-4,10H,1-2H3. The molecule has 0 aliphatic carbocycles. The van der Waals surface area contributed by atoms with Crippen molar-refractivity contribution in [3.05, 3.63) is 16.7 Å². The largest absolute Gasteiger partial charge is 0.480 e. The number of pyridine rings is 1. The molecular weight excluding hydrogens is 240 g/mol. The fourth-order valence-corrected chi connectivity index (χ4v) is 1.47. The number of anilines is 1. The van der Waals surface area contributed by atoms with E-state index in [1.165, 1.54) is 11.9 Å². The van der Waals surface area contributed by atoms with Crippen LogP contribution in [0.2, 0.25) is 0 Å². The first-order chi connectivity index (χ1) is 5.77. The van der Waals surface area contributed by atoms with Gasteiger partial charge in [0.25, 0.3) is 0 Å². The van der Waals surface area contributed by atoms with Crippen molar-refractivity contribution in [1.29, 1.82) is 0 Å². The van der Waals surface area contributed by atoms with Crippen molar-refractivity contribution >= 4 is 33.6 Å². The Balaban J connectivity index is 2.95. The van der Waals surface area contributed by atoms with Gasteiger partial charge in [-0.2, -0.15) is 0 Å². The molecule has 0 saturated heterocycles. The Labute approximate surface area is 84.2 Å². The lowest BCUT2D eigenvalue weighted by Gasteiger charge is -2.07. The van der Waals surface area contributed by atoms with E-state index in [1.807, 2.05) is 12.3 Å². The minimum atomic E-state index is 0.604. The molecule has 0 fully saturated rings. The first kappa shape index (κ1) is 9.67. The van der Waals surface area contributed by atoms with Crippen LogP contribution in [-0.4, -0.2) is 18.3 Å². The Kier molecular flexibility index (Phi) is 3.68. The summed E-state index contributed by atoms with van der Waals surface area (Å²) in [5, 5.41) is 0. The number of hydrogen-bond acceptors (Lipinski definition) is 4. The number of nitrogens with one attached hydrogen (secondary N) is 1. The van der Waals surface area contributed by atoms with Crippen LogP contribution >= 0.6 is 27.9 Å². The lowest BCUT2D eigenvalue weighted by Crippen LogP contribution is -1.93. The van der Waals surface area contributed by atoms with E-state index in [-0.39, 0.29) is 0 Å². The summed E-state index contributed by atoms with van der Waals surface area (Å²) >= 11 is 4.83. The molecule has 66 valence electrons. The number of nitrogens with zero attached hydrogens (tertiary/aromatic N) is 1. The van der Waals surface area contributed by atoms with Crippen LogP contribution in [0.5, 0.6) is 5.88 Å². The second kappa shape index (κ2) is 4.57. The summed E-state index contributed by atoms with van der Waals surface area (Å²) in [5.74, 6) is 0.604. The molecule has 5 heteroatoms. The van der Waals surface area contributed by atoms with E-state index in [1.54, 1.807) is 13.3 Å². The first-order valence-electron chi connectivity index (χ1n) is 3.26. The highest BCUT2D eigenvalue weighted by atomic mass is 79.9. The number of halogens is 1. The average Bonchev–Trinajstić information content (AvgIpc) is 2.05. The molecule has 0 amide bonds. The summed E-state index contributed by atoms with van der Waals surface area (Å²) in [5.41, 5.74) is 0.874. The highest BCUT2D eigenvalue weighted by Gasteiger charge is 2.03. The minimum Gasteiger partial charge on any atom is -0.480 e. The van der Waals surface area contributed by atoms with E-state index in [2.05, 4.69) is 25.6 Å². The number of methoxy groups -OCH3 is 1. The van der Waals surface area contributed by atoms with Gasteiger partial charge < -0.3 is 9.46 Å². The molecule has 0 bridgehead atoms. The minimum absolute atomic E-state index is 0.604. The third kappa shape index (κ3) is 2.28. The Hall–Kier alpha value is -0.420. The lowest BCUT2D eigenvalue weighted by molar-refractivity contribution is 0.400. The maximum atomic E-state index is 5.05. The van der Waals surface area contributed by atoms with Gasteiger partial charge in [-0.3, -0.25) is 0 Å². The van der Waals surface area contributed by atoms with Crippen molar-refractivity contribution < 1.29 is 4.74 Å². The van der Waals surface area contributed by atoms with Crippen molar-refractivity contribution in [2.45, 2.75) is 0 Å². The van der Waals surface area contributed by atoms with Crippen LogP contribution in [0.3, 0.4) is 0 Å². The Morgan fingerprint density at radius 1 is 1.67 bits per heavy atom. The van der Waals surface area contributed by atoms with Crippen LogP contribution < -0.4 is 9.46 Å². The first-order valence-corrected chi connectivity index (χ1v) is 5.28. The molecule has 1 aromatic heterocycles. The van der Waals surface area contributed by atoms with Gasteiger partial charge in [0.15, 0.2) is 0 Å². The molecule has 0 unspecified atom stereocenters. The van der Waals surface area contributed by atoms with Crippen LogP contribution in [0.15, 0.2) is 16.7 Å². The zero-order valence-electron chi connectivity index (χ0n) is 6.80. The maximum Gasteiger partial charge on any atom is 0.238 e. The van der Waals surface area contributed by atoms with Gasteiger partial charge in [-0.25, -0.2) is 4.98 Å². The summed E-state index contributed by atoms with van der Waals surface area (Å²) in [6.45, 7) is 0. The van der Waals surface area contributed by atoms with E-state index in [9.17, 15) is 0 Å². The molecule has 1 heterocycles. The van der Waals surface area contributed by atoms with Gasteiger partial charge in [-0.15, -0.1) is 0 Å².